The summed E-state index contributed by atoms with van der Waals surface area (Å²) in [6, 6.07) is 0. The van der Waals surface area contributed by atoms with E-state index in [-0.39, 0.29) is 11.4 Å². The molecule has 2 aliphatic rings. The second kappa shape index (κ2) is 6.40. The molecule has 1 amide bonds. The molecule has 0 atom stereocenters. The van der Waals surface area contributed by atoms with Crippen LogP contribution in [-0.2, 0) is 13.0 Å². The zero-order valence-electron chi connectivity index (χ0n) is 16.7. The molecular formula is C20H23N7O2. The number of nitrogens with zero attached hydrogens (tertiary/aromatic N) is 5. The summed E-state index contributed by atoms with van der Waals surface area (Å²) in [5.74, 6) is 1.95. The van der Waals surface area contributed by atoms with Crippen molar-refractivity contribution in [3.05, 3.63) is 35.2 Å². The Labute approximate surface area is 168 Å². The Balaban J connectivity index is 1.52. The minimum absolute atomic E-state index is 0.0251. The molecule has 150 valence electrons. The molecular weight excluding hydrogens is 370 g/mol. The number of furan rings is 1. The Kier molecular flexibility index (Phi) is 3.94. The van der Waals surface area contributed by atoms with E-state index in [2.05, 4.69) is 37.5 Å². The maximum absolute atomic E-state index is 13.5. The first kappa shape index (κ1) is 17.8. The molecule has 0 aromatic carbocycles. The van der Waals surface area contributed by atoms with Crippen LogP contribution in [0, 0.1) is 6.92 Å². The first-order chi connectivity index (χ1) is 14.0. The van der Waals surface area contributed by atoms with Crippen LogP contribution in [0.25, 0.3) is 11.1 Å². The molecule has 0 bridgehead atoms. The highest BCUT2D eigenvalue weighted by Crippen LogP contribution is 2.40. The van der Waals surface area contributed by atoms with E-state index in [1.54, 1.807) is 6.92 Å². The van der Waals surface area contributed by atoms with Gasteiger partial charge < -0.3 is 20.0 Å². The van der Waals surface area contributed by atoms with E-state index >= 15 is 0 Å². The molecule has 5 rings (SSSR count). The highest BCUT2D eigenvalue weighted by molar-refractivity contribution is 6.10. The highest BCUT2D eigenvalue weighted by Gasteiger charge is 2.39. The van der Waals surface area contributed by atoms with Crippen LogP contribution in [-0.4, -0.2) is 49.9 Å². The zero-order valence-corrected chi connectivity index (χ0v) is 16.7. The molecule has 1 fully saturated rings. The van der Waals surface area contributed by atoms with Gasteiger partial charge in [0, 0.05) is 24.7 Å². The Bertz CT molecular complexity index is 1120. The summed E-state index contributed by atoms with van der Waals surface area (Å²) in [5.41, 5.74) is 2.93. The second-order valence-electron chi connectivity index (χ2n) is 8.00. The van der Waals surface area contributed by atoms with Crippen molar-refractivity contribution in [1.82, 2.24) is 24.8 Å². The molecule has 9 nitrogen and oxygen atoms in total. The summed E-state index contributed by atoms with van der Waals surface area (Å²) in [5, 5.41) is 7.23. The molecule has 1 aliphatic heterocycles. The summed E-state index contributed by atoms with van der Waals surface area (Å²) < 4.78 is 5.82. The van der Waals surface area contributed by atoms with Gasteiger partial charge in [0.05, 0.1) is 23.2 Å². The Hall–Kier alpha value is -3.23. The Morgan fingerprint density at radius 1 is 1.17 bits per heavy atom. The molecule has 9 heteroatoms. The predicted octanol–water partition coefficient (Wildman–Crippen LogP) is 2.53. The molecule has 3 aromatic rings. The number of fused-ring (bicyclic) bond motifs is 2. The van der Waals surface area contributed by atoms with Gasteiger partial charge in [-0.2, -0.15) is 0 Å². The lowest BCUT2D eigenvalue weighted by Crippen LogP contribution is -2.37. The summed E-state index contributed by atoms with van der Waals surface area (Å²) >= 11 is 0. The molecule has 0 unspecified atom stereocenters. The number of carbonyl (C=O) groups excluding carboxylic acids is 1. The normalized spacial score (nSPS) is 17.1. The number of carbonyl (C=O) groups is 1. The van der Waals surface area contributed by atoms with Crippen LogP contribution in [0.3, 0.4) is 0 Å². The lowest BCUT2D eigenvalue weighted by atomic mass is 10.0. The van der Waals surface area contributed by atoms with Crippen LogP contribution >= 0.6 is 0 Å². The lowest BCUT2D eigenvalue weighted by molar-refractivity contribution is 0.0731. The minimum atomic E-state index is -0.0877. The van der Waals surface area contributed by atoms with Crippen LogP contribution in [0.5, 0.6) is 0 Å². The van der Waals surface area contributed by atoms with Gasteiger partial charge >= 0.3 is 0 Å². The molecule has 3 aromatic heterocycles. The molecule has 0 saturated heterocycles. The first-order valence-electron chi connectivity index (χ1n) is 9.81. The van der Waals surface area contributed by atoms with Crippen LogP contribution in [0.2, 0.25) is 0 Å². The number of rotatable bonds is 4. The molecule has 1 aliphatic carbocycles. The van der Waals surface area contributed by atoms with Crippen LogP contribution in [0.15, 0.2) is 17.1 Å². The molecule has 2 N–H and O–H groups in total. The number of anilines is 2. The van der Waals surface area contributed by atoms with E-state index in [1.165, 1.54) is 12.7 Å². The van der Waals surface area contributed by atoms with Crippen molar-refractivity contribution in [2.45, 2.75) is 45.2 Å². The van der Waals surface area contributed by atoms with Gasteiger partial charge in [0.15, 0.2) is 0 Å². The van der Waals surface area contributed by atoms with Gasteiger partial charge in [-0.25, -0.2) is 19.9 Å². The van der Waals surface area contributed by atoms with E-state index in [0.29, 0.717) is 47.8 Å². The standard InChI is InChI=1S/C20H23N7O2/c1-11-14(15-17(26-20(2)5-6-20)24-10-25-18(15)29-11)19(28)27-7-4-12-13(8-27)22-9-23-16(12)21-3/h9-10H,4-8H2,1-3H3,(H,21,22,23)(H,24,25,26). The van der Waals surface area contributed by atoms with E-state index in [1.807, 2.05) is 11.9 Å². The lowest BCUT2D eigenvalue weighted by Gasteiger charge is -2.29. The van der Waals surface area contributed by atoms with Crippen molar-refractivity contribution in [2.24, 2.45) is 0 Å². The average Bonchev–Trinajstić information content (AvgIpc) is 3.34. The van der Waals surface area contributed by atoms with Crippen molar-refractivity contribution < 1.29 is 9.21 Å². The summed E-state index contributed by atoms with van der Waals surface area (Å²) in [6.45, 7) is 4.98. The number of hydrogen-bond donors (Lipinski definition) is 2. The SMILES string of the molecule is CNc1ncnc2c1CCN(C(=O)c1c(C)oc3ncnc(NC4(C)CC4)c13)C2. The van der Waals surface area contributed by atoms with Crippen molar-refractivity contribution in [3.8, 4) is 0 Å². The smallest absolute Gasteiger partial charge is 0.258 e. The third kappa shape index (κ3) is 2.97. The number of nitrogens with one attached hydrogen (secondary N) is 2. The largest absolute Gasteiger partial charge is 0.442 e. The molecule has 0 radical (unpaired) electrons. The van der Waals surface area contributed by atoms with Gasteiger partial charge in [-0.15, -0.1) is 0 Å². The monoisotopic (exact) mass is 393 g/mol. The molecule has 29 heavy (non-hydrogen) atoms. The van der Waals surface area contributed by atoms with Crippen LogP contribution in [0.4, 0.5) is 11.6 Å². The van der Waals surface area contributed by atoms with Gasteiger partial charge in [-0.05, 0) is 33.1 Å². The predicted molar refractivity (Wildman–Crippen MR) is 108 cm³/mol. The fourth-order valence-corrected chi connectivity index (χ4v) is 3.90. The van der Waals surface area contributed by atoms with Crippen molar-refractivity contribution in [3.63, 3.8) is 0 Å². The molecule has 4 heterocycles. The molecule has 0 spiro atoms. The molecule has 1 saturated carbocycles. The quantitative estimate of drug-likeness (QED) is 0.696. The first-order valence-corrected chi connectivity index (χ1v) is 9.81. The maximum Gasteiger partial charge on any atom is 0.258 e. The Morgan fingerprint density at radius 3 is 2.69 bits per heavy atom. The third-order valence-corrected chi connectivity index (χ3v) is 5.83. The number of amides is 1. The summed E-state index contributed by atoms with van der Waals surface area (Å²) in [7, 11) is 1.84. The van der Waals surface area contributed by atoms with Gasteiger partial charge in [0.1, 0.15) is 30.1 Å². The fraction of sp³-hybridized carbons (Fsp3) is 0.450. The van der Waals surface area contributed by atoms with Crippen molar-refractivity contribution >= 4 is 28.6 Å². The minimum Gasteiger partial charge on any atom is -0.442 e. The van der Waals surface area contributed by atoms with Crippen LogP contribution < -0.4 is 10.6 Å². The Morgan fingerprint density at radius 2 is 1.93 bits per heavy atom. The van der Waals surface area contributed by atoms with E-state index in [9.17, 15) is 4.79 Å². The van der Waals surface area contributed by atoms with Gasteiger partial charge in [0.2, 0.25) is 5.71 Å². The maximum atomic E-state index is 13.5. The average molecular weight is 393 g/mol. The van der Waals surface area contributed by atoms with Crippen molar-refractivity contribution in [2.75, 3.05) is 24.2 Å². The van der Waals surface area contributed by atoms with Crippen molar-refractivity contribution in [1.29, 1.82) is 0 Å². The van der Waals surface area contributed by atoms with Gasteiger partial charge in [-0.1, -0.05) is 0 Å². The fourth-order valence-electron chi connectivity index (χ4n) is 3.90. The van der Waals surface area contributed by atoms with E-state index < -0.39 is 0 Å². The number of aromatic nitrogens is 4. The van der Waals surface area contributed by atoms with E-state index in [0.717, 1.165) is 29.9 Å². The van der Waals surface area contributed by atoms with Gasteiger partial charge in [0.25, 0.3) is 5.91 Å². The summed E-state index contributed by atoms with van der Waals surface area (Å²) in [4.78, 5) is 32.6. The van der Waals surface area contributed by atoms with Crippen LogP contribution in [0.1, 0.15) is 47.1 Å². The van der Waals surface area contributed by atoms with Gasteiger partial charge in [-0.3, -0.25) is 4.79 Å². The number of hydrogen-bond acceptors (Lipinski definition) is 8. The highest BCUT2D eigenvalue weighted by atomic mass is 16.3. The topological polar surface area (TPSA) is 109 Å². The summed E-state index contributed by atoms with van der Waals surface area (Å²) in [6.07, 6.45) is 5.86. The third-order valence-electron chi connectivity index (χ3n) is 5.83. The van der Waals surface area contributed by atoms with E-state index in [4.69, 9.17) is 4.42 Å². The zero-order chi connectivity index (χ0) is 20.2. The second-order valence-corrected chi connectivity index (χ2v) is 8.00. The number of aryl methyl sites for hydroxylation is 1.